The van der Waals surface area contributed by atoms with Crippen LogP contribution in [-0.2, 0) is 0 Å². The maximum atomic E-state index is 11.7. The van der Waals surface area contributed by atoms with E-state index in [1.807, 2.05) is 27.7 Å². The van der Waals surface area contributed by atoms with Crippen LogP contribution in [0.4, 0.5) is 10.6 Å². The second-order valence-electron chi connectivity index (χ2n) is 5.81. The average Bonchev–Trinajstić information content (AvgIpc) is 2.71. The van der Waals surface area contributed by atoms with E-state index in [2.05, 4.69) is 15.8 Å². The topological polar surface area (TPSA) is 87.4 Å². The van der Waals surface area contributed by atoms with E-state index in [4.69, 9.17) is 4.52 Å². The Kier molecular flexibility index (Phi) is 4.94. The normalized spacial score (nSPS) is 13.4. The second kappa shape index (κ2) is 6.06. The zero-order valence-electron chi connectivity index (χ0n) is 12.2. The van der Waals surface area contributed by atoms with Crippen molar-refractivity contribution in [1.82, 2.24) is 10.5 Å². The summed E-state index contributed by atoms with van der Waals surface area (Å²) in [5, 5.41) is 19.0. The number of aliphatic hydroxyl groups is 1. The van der Waals surface area contributed by atoms with Gasteiger partial charge in [-0.3, -0.25) is 5.32 Å². The molecule has 3 N–H and O–H groups in total. The third-order valence-electron chi connectivity index (χ3n) is 3.01. The number of nitrogens with one attached hydrogen (secondary N) is 2. The minimum atomic E-state index is -0.484. The highest BCUT2D eigenvalue weighted by atomic mass is 16.5. The highest BCUT2D eigenvalue weighted by Gasteiger charge is 2.30. The first-order valence-electron chi connectivity index (χ1n) is 6.38. The van der Waals surface area contributed by atoms with Crippen molar-refractivity contribution in [3.8, 4) is 0 Å². The van der Waals surface area contributed by atoms with Crippen LogP contribution in [0.2, 0.25) is 0 Å². The van der Waals surface area contributed by atoms with Crippen molar-refractivity contribution in [2.75, 3.05) is 11.9 Å². The van der Waals surface area contributed by atoms with Crippen molar-refractivity contribution in [3.63, 3.8) is 0 Å². The van der Waals surface area contributed by atoms with Gasteiger partial charge < -0.3 is 14.9 Å². The van der Waals surface area contributed by atoms with Crippen molar-refractivity contribution in [2.24, 2.45) is 11.3 Å². The van der Waals surface area contributed by atoms with Gasteiger partial charge in [-0.1, -0.05) is 32.9 Å². The molecule has 2 amide bonds. The molecule has 1 atom stereocenters. The maximum Gasteiger partial charge on any atom is 0.320 e. The summed E-state index contributed by atoms with van der Waals surface area (Å²) in [5.74, 6) is 1.14. The minimum absolute atomic E-state index is 0.137. The first-order valence-corrected chi connectivity index (χ1v) is 6.38. The Morgan fingerprint density at radius 1 is 1.53 bits per heavy atom. The summed E-state index contributed by atoms with van der Waals surface area (Å²) in [6.45, 7) is 9.85. The summed E-state index contributed by atoms with van der Waals surface area (Å²) in [5.41, 5.74) is -0.398. The van der Waals surface area contributed by atoms with E-state index in [1.165, 1.54) is 0 Å². The third kappa shape index (κ3) is 4.55. The number of urea groups is 1. The van der Waals surface area contributed by atoms with Gasteiger partial charge in [0.15, 0.2) is 5.82 Å². The zero-order chi connectivity index (χ0) is 14.6. The number of aromatic nitrogens is 1. The van der Waals surface area contributed by atoms with E-state index < -0.39 is 11.5 Å². The van der Waals surface area contributed by atoms with Crippen LogP contribution >= 0.6 is 0 Å². The predicted molar refractivity (Wildman–Crippen MR) is 72.9 cm³/mol. The summed E-state index contributed by atoms with van der Waals surface area (Å²) in [7, 11) is 0. The number of carbonyl (C=O) groups is 1. The quantitative estimate of drug-likeness (QED) is 0.764. The van der Waals surface area contributed by atoms with Crippen molar-refractivity contribution in [1.29, 1.82) is 0 Å². The smallest absolute Gasteiger partial charge is 0.320 e. The third-order valence-corrected chi connectivity index (χ3v) is 3.01. The van der Waals surface area contributed by atoms with Crippen LogP contribution in [0.1, 0.15) is 33.5 Å². The van der Waals surface area contributed by atoms with Crippen molar-refractivity contribution in [2.45, 2.75) is 40.7 Å². The fraction of sp³-hybridized carbons (Fsp3) is 0.692. The molecule has 0 saturated heterocycles. The van der Waals surface area contributed by atoms with Crippen LogP contribution in [-0.4, -0.2) is 28.9 Å². The molecule has 1 heterocycles. The molecular weight excluding hydrogens is 246 g/mol. The number of aryl methyl sites for hydroxylation is 1. The van der Waals surface area contributed by atoms with Gasteiger partial charge in [-0.15, -0.1) is 0 Å². The van der Waals surface area contributed by atoms with Crippen molar-refractivity contribution in [3.05, 3.63) is 11.8 Å². The molecule has 0 fully saturated rings. The first-order chi connectivity index (χ1) is 8.72. The monoisotopic (exact) mass is 269 g/mol. The van der Waals surface area contributed by atoms with Crippen molar-refractivity contribution >= 4 is 11.8 Å². The van der Waals surface area contributed by atoms with Crippen molar-refractivity contribution < 1.29 is 14.4 Å². The van der Waals surface area contributed by atoms with Crippen LogP contribution in [0.25, 0.3) is 0 Å². The Bertz CT molecular complexity index is 427. The predicted octanol–water partition coefficient (Wildman–Crippen LogP) is 2.15. The Labute approximate surface area is 113 Å². The lowest BCUT2D eigenvalue weighted by Gasteiger charge is -2.33. The Balaban J connectivity index is 2.45. The van der Waals surface area contributed by atoms with Crippen LogP contribution in [0.5, 0.6) is 0 Å². The number of carbonyl (C=O) groups excluding carboxylic acids is 1. The maximum absolute atomic E-state index is 11.7. The Hall–Kier alpha value is -1.56. The first kappa shape index (κ1) is 15.5. The summed E-state index contributed by atoms with van der Waals surface area (Å²) >= 11 is 0. The molecule has 0 aliphatic heterocycles. The number of rotatable bonds is 5. The van der Waals surface area contributed by atoms with Gasteiger partial charge in [0.1, 0.15) is 5.76 Å². The highest BCUT2D eigenvalue weighted by molar-refractivity contribution is 5.88. The molecule has 0 bridgehead atoms. The fourth-order valence-corrected chi connectivity index (χ4v) is 1.90. The highest BCUT2D eigenvalue weighted by Crippen LogP contribution is 2.25. The average molecular weight is 269 g/mol. The molecule has 1 aromatic rings. The molecule has 0 saturated carbocycles. The Morgan fingerprint density at radius 2 is 2.16 bits per heavy atom. The van der Waals surface area contributed by atoms with Crippen LogP contribution < -0.4 is 10.6 Å². The lowest BCUT2D eigenvalue weighted by atomic mass is 9.81. The molecule has 19 heavy (non-hydrogen) atoms. The van der Waals surface area contributed by atoms with Gasteiger partial charge in [0.05, 0.1) is 6.10 Å². The summed E-state index contributed by atoms with van der Waals surface area (Å²) < 4.78 is 4.85. The van der Waals surface area contributed by atoms with Crippen LogP contribution in [0.15, 0.2) is 10.6 Å². The number of anilines is 1. The molecule has 1 unspecified atom stereocenters. The molecule has 1 aromatic heterocycles. The minimum Gasteiger partial charge on any atom is -0.392 e. The number of hydrogen-bond acceptors (Lipinski definition) is 4. The van der Waals surface area contributed by atoms with Gasteiger partial charge >= 0.3 is 6.03 Å². The molecule has 0 spiro atoms. The van der Waals surface area contributed by atoms with Gasteiger partial charge in [-0.05, 0) is 12.8 Å². The van der Waals surface area contributed by atoms with Crippen LogP contribution in [0, 0.1) is 18.3 Å². The molecule has 0 aromatic carbocycles. The lowest BCUT2D eigenvalue weighted by molar-refractivity contribution is 0.0154. The summed E-state index contributed by atoms with van der Waals surface area (Å²) in [6.07, 6.45) is -0.484. The van der Waals surface area contributed by atoms with Crippen LogP contribution in [0.3, 0.4) is 0 Å². The molecule has 0 aliphatic rings. The van der Waals surface area contributed by atoms with E-state index in [0.29, 0.717) is 18.1 Å². The van der Waals surface area contributed by atoms with E-state index >= 15 is 0 Å². The van der Waals surface area contributed by atoms with Gasteiger partial charge in [-0.25, -0.2) is 4.79 Å². The summed E-state index contributed by atoms with van der Waals surface area (Å²) in [6, 6.07) is 1.27. The molecular formula is C13H23N3O3. The molecule has 0 radical (unpaired) electrons. The largest absolute Gasteiger partial charge is 0.392 e. The van der Waals surface area contributed by atoms with Gasteiger partial charge in [0.2, 0.25) is 0 Å². The fourth-order valence-electron chi connectivity index (χ4n) is 1.90. The molecule has 6 heteroatoms. The van der Waals surface area contributed by atoms with E-state index in [-0.39, 0.29) is 11.9 Å². The molecule has 108 valence electrons. The standard InChI is InChI=1S/C13H23N3O3/c1-8(2)11(17)13(4,5)7-14-12(18)15-10-6-9(3)19-16-10/h6,8,11,17H,7H2,1-5H3,(H2,14,15,16,18). The lowest BCUT2D eigenvalue weighted by Crippen LogP contribution is -2.44. The Morgan fingerprint density at radius 3 is 2.63 bits per heavy atom. The van der Waals surface area contributed by atoms with E-state index in [9.17, 15) is 9.90 Å². The number of amides is 2. The zero-order valence-corrected chi connectivity index (χ0v) is 12.2. The second-order valence-corrected chi connectivity index (χ2v) is 5.81. The van der Waals surface area contributed by atoms with Gasteiger partial charge in [0.25, 0.3) is 0 Å². The van der Waals surface area contributed by atoms with Gasteiger partial charge in [-0.2, -0.15) is 0 Å². The van der Waals surface area contributed by atoms with E-state index in [0.717, 1.165) is 0 Å². The number of nitrogens with zero attached hydrogens (tertiary/aromatic N) is 1. The summed E-state index contributed by atoms with van der Waals surface area (Å²) in [4.78, 5) is 11.7. The SMILES string of the molecule is Cc1cc(NC(=O)NCC(C)(C)C(O)C(C)C)no1. The van der Waals surface area contributed by atoms with Gasteiger partial charge in [0, 0.05) is 18.0 Å². The molecule has 6 nitrogen and oxygen atoms in total. The van der Waals surface area contributed by atoms with E-state index in [1.54, 1.807) is 13.0 Å². The number of hydrogen-bond donors (Lipinski definition) is 3. The molecule has 0 aliphatic carbocycles. The number of aliphatic hydroxyl groups excluding tert-OH is 1. The molecule has 1 rings (SSSR count).